The molecule has 0 saturated heterocycles. The van der Waals surface area contributed by atoms with E-state index in [1.807, 2.05) is 29.5 Å². The Morgan fingerprint density at radius 2 is 2.15 bits per heavy atom. The molecule has 0 fully saturated rings. The van der Waals surface area contributed by atoms with Gasteiger partial charge in [0.05, 0.1) is 23.1 Å². The molecule has 0 aliphatic rings. The van der Waals surface area contributed by atoms with E-state index in [0.717, 1.165) is 0 Å². The number of hydrogen-bond donors (Lipinski definition) is 2. The second-order valence-corrected chi connectivity index (χ2v) is 5.19. The highest BCUT2D eigenvalue weighted by atomic mass is 127. The molecule has 0 unspecified atom stereocenters. The van der Waals surface area contributed by atoms with Crippen molar-refractivity contribution in [3.05, 3.63) is 51.6 Å². The van der Waals surface area contributed by atoms with Crippen LogP contribution < -0.4 is 10.6 Å². The van der Waals surface area contributed by atoms with Gasteiger partial charge in [0, 0.05) is 16.3 Å². The minimum Gasteiger partial charge on any atom is -0.383 e. The molecule has 0 bridgehead atoms. The van der Waals surface area contributed by atoms with Gasteiger partial charge >= 0.3 is 0 Å². The van der Waals surface area contributed by atoms with E-state index in [0.29, 0.717) is 27.1 Å². The summed E-state index contributed by atoms with van der Waals surface area (Å²) in [5.41, 5.74) is 1.75. The molecule has 0 aliphatic carbocycles. The average molecular weight is 385 g/mol. The first-order valence-corrected chi connectivity index (χ1v) is 7.14. The molecule has 6 heteroatoms. The second kappa shape index (κ2) is 6.65. The number of pyridine rings is 1. The zero-order valence-electron chi connectivity index (χ0n) is 10.8. The number of amides is 1. The van der Waals surface area contributed by atoms with Crippen LogP contribution in [0.1, 0.15) is 17.3 Å². The Hall–Kier alpha value is -1.70. The van der Waals surface area contributed by atoms with Crippen LogP contribution in [-0.2, 0) is 0 Å². The molecule has 2 N–H and O–H groups in total. The Balaban J connectivity index is 2.24. The highest BCUT2D eigenvalue weighted by Crippen LogP contribution is 2.21. The van der Waals surface area contributed by atoms with Gasteiger partial charge in [-0.05, 0) is 53.8 Å². The van der Waals surface area contributed by atoms with Crippen LogP contribution in [0.15, 0.2) is 36.7 Å². The van der Waals surface area contributed by atoms with Gasteiger partial charge in [0.25, 0.3) is 5.91 Å². The third kappa shape index (κ3) is 3.44. The van der Waals surface area contributed by atoms with Crippen molar-refractivity contribution in [2.75, 3.05) is 17.2 Å². The normalized spacial score (nSPS) is 10.2. The number of benzene rings is 1. The van der Waals surface area contributed by atoms with E-state index in [1.165, 1.54) is 12.1 Å². The van der Waals surface area contributed by atoms with Gasteiger partial charge in [-0.25, -0.2) is 4.39 Å². The maximum atomic E-state index is 13.0. The average Bonchev–Trinajstić information content (AvgIpc) is 2.43. The molecule has 0 aliphatic heterocycles. The lowest BCUT2D eigenvalue weighted by Gasteiger charge is -2.11. The van der Waals surface area contributed by atoms with Gasteiger partial charge in [0.2, 0.25) is 0 Å². The van der Waals surface area contributed by atoms with E-state index in [1.54, 1.807) is 24.5 Å². The fourth-order valence-corrected chi connectivity index (χ4v) is 2.32. The van der Waals surface area contributed by atoms with Gasteiger partial charge in [0.15, 0.2) is 0 Å². The number of nitrogens with zero attached hydrogens (tertiary/aromatic N) is 1. The van der Waals surface area contributed by atoms with Crippen LogP contribution in [-0.4, -0.2) is 17.4 Å². The predicted octanol–water partition coefficient (Wildman–Crippen LogP) is 3.51. The molecule has 0 spiro atoms. The molecule has 104 valence electrons. The van der Waals surface area contributed by atoms with Crippen molar-refractivity contribution in [1.82, 2.24) is 4.98 Å². The summed E-state index contributed by atoms with van der Waals surface area (Å²) in [4.78, 5) is 16.3. The highest BCUT2D eigenvalue weighted by Gasteiger charge is 2.12. The topological polar surface area (TPSA) is 54.0 Å². The van der Waals surface area contributed by atoms with Gasteiger partial charge in [-0.15, -0.1) is 0 Å². The Labute approximate surface area is 129 Å². The minimum absolute atomic E-state index is 0.257. The van der Waals surface area contributed by atoms with Crippen LogP contribution in [0.5, 0.6) is 0 Å². The quantitative estimate of drug-likeness (QED) is 0.793. The molecular formula is C14H13FIN3O. The summed E-state index contributed by atoms with van der Waals surface area (Å²) in [5.74, 6) is -0.586. The summed E-state index contributed by atoms with van der Waals surface area (Å²) in [6.07, 6.45) is 3.17. The van der Waals surface area contributed by atoms with Crippen molar-refractivity contribution in [3.63, 3.8) is 0 Å². The number of carbonyl (C=O) groups is 1. The fourth-order valence-electron chi connectivity index (χ4n) is 1.70. The Morgan fingerprint density at radius 3 is 2.85 bits per heavy atom. The van der Waals surface area contributed by atoms with Crippen molar-refractivity contribution in [2.24, 2.45) is 0 Å². The number of aromatic nitrogens is 1. The number of rotatable bonds is 4. The monoisotopic (exact) mass is 385 g/mol. The third-order valence-corrected chi connectivity index (χ3v) is 3.50. The Morgan fingerprint density at radius 1 is 1.35 bits per heavy atom. The maximum absolute atomic E-state index is 13.0. The Kier molecular flexibility index (Phi) is 4.89. The van der Waals surface area contributed by atoms with Crippen LogP contribution in [0.25, 0.3) is 0 Å². The molecule has 1 amide bonds. The van der Waals surface area contributed by atoms with Crippen LogP contribution >= 0.6 is 22.6 Å². The first-order chi connectivity index (χ1) is 9.61. The maximum Gasteiger partial charge on any atom is 0.257 e. The van der Waals surface area contributed by atoms with Gasteiger partial charge in [-0.3, -0.25) is 9.78 Å². The molecule has 2 aromatic rings. The third-order valence-electron chi connectivity index (χ3n) is 2.61. The summed E-state index contributed by atoms with van der Waals surface area (Å²) >= 11 is 1.98. The summed E-state index contributed by atoms with van der Waals surface area (Å²) in [6.45, 7) is 2.64. The highest BCUT2D eigenvalue weighted by molar-refractivity contribution is 14.1. The molecule has 20 heavy (non-hydrogen) atoms. The zero-order valence-corrected chi connectivity index (χ0v) is 12.9. The molecule has 1 aromatic heterocycles. The van der Waals surface area contributed by atoms with Crippen LogP contribution in [0.4, 0.5) is 15.8 Å². The van der Waals surface area contributed by atoms with E-state index >= 15 is 0 Å². The van der Waals surface area contributed by atoms with E-state index < -0.39 is 0 Å². The lowest BCUT2D eigenvalue weighted by Crippen LogP contribution is -2.15. The molecule has 0 radical (unpaired) electrons. The largest absolute Gasteiger partial charge is 0.383 e. The van der Waals surface area contributed by atoms with Gasteiger partial charge in [-0.1, -0.05) is 0 Å². The number of hydrogen-bond acceptors (Lipinski definition) is 3. The van der Waals surface area contributed by atoms with Crippen molar-refractivity contribution in [3.8, 4) is 0 Å². The standard InChI is InChI=1S/C14H13FIN3O/c1-2-18-13-8-17-6-5-10(13)14(20)19-12-4-3-9(15)7-11(12)16/h3-8,18H,2H2,1H3,(H,19,20). The Bertz CT molecular complexity index is 634. The number of nitrogens with one attached hydrogen (secondary N) is 2. The summed E-state index contributed by atoms with van der Waals surface area (Å²) < 4.78 is 13.7. The van der Waals surface area contributed by atoms with Crippen molar-refractivity contribution in [2.45, 2.75) is 6.92 Å². The van der Waals surface area contributed by atoms with E-state index in [-0.39, 0.29) is 11.7 Å². The van der Waals surface area contributed by atoms with Crippen molar-refractivity contribution in [1.29, 1.82) is 0 Å². The number of anilines is 2. The summed E-state index contributed by atoms with van der Waals surface area (Å²) in [6, 6.07) is 5.87. The molecule has 4 nitrogen and oxygen atoms in total. The lowest BCUT2D eigenvalue weighted by molar-refractivity contribution is 0.102. The van der Waals surface area contributed by atoms with E-state index in [2.05, 4.69) is 15.6 Å². The first-order valence-electron chi connectivity index (χ1n) is 6.06. The molecule has 0 saturated carbocycles. The summed E-state index contributed by atoms with van der Waals surface area (Å²) in [7, 11) is 0. The molecule has 1 aromatic carbocycles. The molecular weight excluding hydrogens is 372 g/mol. The van der Waals surface area contributed by atoms with Crippen LogP contribution in [0.3, 0.4) is 0 Å². The smallest absolute Gasteiger partial charge is 0.257 e. The van der Waals surface area contributed by atoms with E-state index in [9.17, 15) is 9.18 Å². The first kappa shape index (κ1) is 14.7. The SMILES string of the molecule is CCNc1cnccc1C(=O)Nc1ccc(F)cc1I. The van der Waals surface area contributed by atoms with Crippen LogP contribution in [0.2, 0.25) is 0 Å². The van der Waals surface area contributed by atoms with E-state index in [4.69, 9.17) is 0 Å². The minimum atomic E-state index is -0.329. The van der Waals surface area contributed by atoms with Crippen molar-refractivity contribution >= 4 is 39.9 Å². The van der Waals surface area contributed by atoms with Gasteiger partial charge in [0.1, 0.15) is 5.82 Å². The van der Waals surface area contributed by atoms with Gasteiger partial charge < -0.3 is 10.6 Å². The lowest BCUT2D eigenvalue weighted by atomic mass is 10.2. The summed E-state index contributed by atoms with van der Waals surface area (Å²) in [5, 5.41) is 5.85. The van der Waals surface area contributed by atoms with Crippen LogP contribution in [0, 0.1) is 9.39 Å². The molecule has 2 rings (SSSR count). The van der Waals surface area contributed by atoms with Gasteiger partial charge in [-0.2, -0.15) is 0 Å². The fraction of sp³-hybridized carbons (Fsp3) is 0.143. The predicted molar refractivity (Wildman–Crippen MR) is 85.5 cm³/mol. The second-order valence-electron chi connectivity index (χ2n) is 4.03. The number of carbonyl (C=O) groups excluding carboxylic acids is 1. The molecule has 0 atom stereocenters. The number of halogens is 2. The van der Waals surface area contributed by atoms with Crippen molar-refractivity contribution < 1.29 is 9.18 Å². The zero-order chi connectivity index (χ0) is 14.5. The molecule has 1 heterocycles.